The third-order valence-electron chi connectivity index (χ3n) is 3.39. The molecule has 0 amide bonds. The van der Waals surface area contributed by atoms with Crippen molar-refractivity contribution in [2.24, 2.45) is 0 Å². The highest BCUT2D eigenvalue weighted by molar-refractivity contribution is 5.52. The Morgan fingerprint density at radius 3 is 2.43 bits per heavy atom. The lowest BCUT2D eigenvalue weighted by molar-refractivity contribution is 0.186. The van der Waals surface area contributed by atoms with Crippen LogP contribution in [-0.4, -0.2) is 11.7 Å². The van der Waals surface area contributed by atoms with E-state index in [0.717, 1.165) is 23.4 Å². The van der Waals surface area contributed by atoms with Gasteiger partial charge >= 0.3 is 0 Å². The first-order valence-corrected chi connectivity index (χ1v) is 6.95. The molecule has 0 heterocycles. The van der Waals surface area contributed by atoms with Crippen LogP contribution in [0.25, 0.3) is 0 Å². The average molecular weight is 291 g/mol. The van der Waals surface area contributed by atoms with E-state index in [-0.39, 0.29) is 12.1 Å². The van der Waals surface area contributed by atoms with Crippen molar-refractivity contribution in [1.29, 1.82) is 0 Å². The molecule has 2 rings (SSSR count). The number of aliphatic hydroxyl groups is 1. The normalized spacial score (nSPS) is 12.5. The molecule has 21 heavy (non-hydrogen) atoms. The summed E-state index contributed by atoms with van der Waals surface area (Å²) in [6.45, 7) is 4.32. The molecule has 0 aliphatic heterocycles. The molecular formula is C17H19F2NO. The second kappa shape index (κ2) is 6.68. The predicted molar refractivity (Wildman–Crippen MR) is 80.3 cm³/mol. The summed E-state index contributed by atoms with van der Waals surface area (Å²) in [5.74, 6) is -1.04. The number of benzene rings is 2. The highest BCUT2D eigenvalue weighted by Gasteiger charge is 2.14. The summed E-state index contributed by atoms with van der Waals surface area (Å²) in [4.78, 5) is 0. The van der Waals surface area contributed by atoms with Crippen molar-refractivity contribution in [2.75, 3.05) is 11.9 Å². The summed E-state index contributed by atoms with van der Waals surface area (Å²) in [5.41, 5.74) is 2.13. The lowest BCUT2D eigenvalue weighted by Crippen LogP contribution is -2.14. The zero-order valence-electron chi connectivity index (χ0n) is 12.1. The smallest absolute Gasteiger partial charge is 0.131 e. The van der Waals surface area contributed by atoms with E-state index in [1.165, 1.54) is 6.07 Å². The number of anilines is 1. The monoisotopic (exact) mass is 291 g/mol. The van der Waals surface area contributed by atoms with Crippen LogP contribution in [0.3, 0.4) is 0 Å². The Morgan fingerprint density at radius 1 is 1.05 bits per heavy atom. The largest absolute Gasteiger partial charge is 0.386 e. The van der Waals surface area contributed by atoms with Crippen molar-refractivity contribution in [3.05, 3.63) is 65.2 Å². The molecule has 1 atom stereocenters. The van der Waals surface area contributed by atoms with Gasteiger partial charge in [0.25, 0.3) is 0 Å². The number of halogens is 2. The highest BCUT2D eigenvalue weighted by Crippen LogP contribution is 2.25. The summed E-state index contributed by atoms with van der Waals surface area (Å²) in [5, 5.41) is 13.2. The summed E-state index contributed by atoms with van der Waals surface area (Å²) < 4.78 is 26.5. The molecule has 0 fully saturated rings. The Hall–Kier alpha value is -1.94. The molecule has 1 unspecified atom stereocenters. The first-order chi connectivity index (χ1) is 9.99. The third-order valence-corrected chi connectivity index (χ3v) is 3.39. The number of para-hydroxylation sites is 1. The Morgan fingerprint density at radius 2 is 1.76 bits per heavy atom. The van der Waals surface area contributed by atoms with Gasteiger partial charge in [0.2, 0.25) is 0 Å². The number of aliphatic hydroxyl groups excluding tert-OH is 1. The van der Waals surface area contributed by atoms with Crippen LogP contribution in [0.1, 0.15) is 37.0 Å². The molecule has 0 saturated carbocycles. The predicted octanol–water partition coefficient (Wildman–Crippen LogP) is 4.23. The summed E-state index contributed by atoms with van der Waals surface area (Å²) in [7, 11) is 0. The van der Waals surface area contributed by atoms with Crippen molar-refractivity contribution < 1.29 is 13.9 Å². The number of hydrogen-bond donors (Lipinski definition) is 2. The quantitative estimate of drug-likeness (QED) is 0.864. The minimum absolute atomic E-state index is 0.0888. The minimum Gasteiger partial charge on any atom is -0.386 e. The highest BCUT2D eigenvalue weighted by atomic mass is 19.1. The fraction of sp³-hybridized carbons (Fsp3) is 0.294. The molecule has 0 spiro atoms. The molecule has 0 saturated heterocycles. The minimum atomic E-state index is -1.04. The van der Waals surface area contributed by atoms with Crippen LogP contribution in [0.5, 0.6) is 0 Å². The van der Waals surface area contributed by atoms with Gasteiger partial charge < -0.3 is 10.4 Å². The zero-order chi connectivity index (χ0) is 15.4. The SMILES string of the molecule is CC(C)c1ccccc1NCC(O)c1ccc(F)cc1F. The van der Waals surface area contributed by atoms with Crippen molar-refractivity contribution in [2.45, 2.75) is 25.9 Å². The second-order valence-electron chi connectivity index (χ2n) is 5.30. The molecule has 2 aromatic rings. The fourth-order valence-electron chi connectivity index (χ4n) is 2.25. The van der Waals surface area contributed by atoms with E-state index in [2.05, 4.69) is 19.2 Å². The number of nitrogens with one attached hydrogen (secondary N) is 1. The summed E-state index contributed by atoms with van der Waals surface area (Å²) in [6, 6.07) is 11.0. The lowest BCUT2D eigenvalue weighted by Gasteiger charge is -2.17. The molecule has 0 aliphatic carbocycles. The molecule has 0 bridgehead atoms. The lowest BCUT2D eigenvalue weighted by atomic mass is 10.0. The molecule has 4 heteroatoms. The van der Waals surface area contributed by atoms with Crippen LogP contribution in [-0.2, 0) is 0 Å². The van der Waals surface area contributed by atoms with Crippen LogP contribution < -0.4 is 5.32 Å². The van der Waals surface area contributed by atoms with Gasteiger partial charge in [-0.05, 0) is 23.6 Å². The van der Waals surface area contributed by atoms with Gasteiger partial charge in [0, 0.05) is 23.9 Å². The van der Waals surface area contributed by atoms with Crippen LogP contribution in [0.4, 0.5) is 14.5 Å². The number of hydrogen-bond acceptors (Lipinski definition) is 2. The Bertz CT molecular complexity index is 613. The fourth-order valence-corrected chi connectivity index (χ4v) is 2.25. The summed E-state index contributed by atoms with van der Waals surface area (Å²) in [6.07, 6.45) is -1.04. The van der Waals surface area contributed by atoms with Crippen LogP contribution in [0.2, 0.25) is 0 Å². The molecule has 0 aromatic heterocycles. The maximum atomic E-state index is 13.6. The zero-order valence-corrected chi connectivity index (χ0v) is 12.1. The third kappa shape index (κ3) is 3.79. The van der Waals surface area contributed by atoms with Crippen molar-refractivity contribution >= 4 is 5.69 Å². The van der Waals surface area contributed by atoms with Gasteiger partial charge in [-0.2, -0.15) is 0 Å². The Kier molecular flexibility index (Phi) is 4.91. The van der Waals surface area contributed by atoms with Crippen LogP contribution in [0.15, 0.2) is 42.5 Å². The van der Waals surface area contributed by atoms with Crippen molar-refractivity contribution in [3.63, 3.8) is 0 Å². The van der Waals surface area contributed by atoms with Gasteiger partial charge in [-0.1, -0.05) is 38.1 Å². The van der Waals surface area contributed by atoms with Crippen molar-refractivity contribution in [3.8, 4) is 0 Å². The average Bonchev–Trinajstić information content (AvgIpc) is 2.45. The molecule has 112 valence electrons. The van der Waals surface area contributed by atoms with Crippen LogP contribution >= 0.6 is 0 Å². The Labute approximate surface area is 123 Å². The molecular weight excluding hydrogens is 272 g/mol. The molecule has 0 aliphatic rings. The van der Waals surface area contributed by atoms with Gasteiger partial charge in [-0.15, -0.1) is 0 Å². The second-order valence-corrected chi connectivity index (χ2v) is 5.30. The van der Waals surface area contributed by atoms with Gasteiger partial charge in [0.1, 0.15) is 11.6 Å². The van der Waals surface area contributed by atoms with Gasteiger partial charge in [0.15, 0.2) is 0 Å². The molecule has 2 N–H and O–H groups in total. The van der Waals surface area contributed by atoms with Gasteiger partial charge in [-0.25, -0.2) is 8.78 Å². The topological polar surface area (TPSA) is 32.3 Å². The first kappa shape index (κ1) is 15.4. The number of rotatable bonds is 5. The van der Waals surface area contributed by atoms with E-state index in [9.17, 15) is 13.9 Å². The van der Waals surface area contributed by atoms with E-state index >= 15 is 0 Å². The molecule has 0 radical (unpaired) electrons. The maximum absolute atomic E-state index is 13.6. The van der Waals surface area contributed by atoms with Crippen LogP contribution in [0, 0.1) is 11.6 Å². The van der Waals surface area contributed by atoms with E-state index < -0.39 is 17.7 Å². The van der Waals surface area contributed by atoms with Gasteiger partial charge in [-0.3, -0.25) is 0 Å². The standard InChI is InChI=1S/C17H19F2NO/c1-11(2)13-5-3-4-6-16(13)20-10-17(21)14-8-7-12(18)9-15(14)19/h3-9,11,17,20-21H,10H2,1-2H3. The summed E-state index contributed by atoms with van der Waals surface area (Å²) >= 11 is 0. The van der Waals surface area contributed by atoms with Gasteiger partial charge in [0.05, 0.1) is 6.10 Å². The van der Waals surface area contributed by atoms with E-state index in [0.29, 0.717) is 5.92 Å². The maximum Gasteiger partial charge on any atom is 0.131 e. The van der Waals surface area contributed by atoms with E-state index in [4.69, 9.17) is 0 Å². The molecule has 2 nitrogen and oxygen atoms in total. The molecule has 2 aromatic carbocycles. The van der Waals surface area contributed by atoms with E-state index in [1.54, 1.807) is 0 Å². The van der Waals surface area contributed by atoms with Crippen molar-refractivity contribution in [1.82, 2.24) is 0 Å². The Balaban J connectivity index is 2.09. The van der Waals surface area contributed by atoms with E-state index in [1.807, 2.05) is 24.3 Å². The first-order valence-electron chi connectivity index (χ1n) is 6.95.